The molecular weight excluding hydrogens is 284 g/mol. The normalized spacial score (nSPS) is 10.6. The lowest BCUT2D eigenvalue weighted by molar-refractivity contribution is 0.0949. The maximum atomic E-state index is 11.9. The van der Waals surface area contributed by atoms with E-state index in [2.05, 4.69) is 22.3 Å². The van der Waals surface area contributed by atoms with Gasteiger partial charge in [-0.05, 0) is 30.8 Å². The molecule has 0 fully saturated rings. The van der Waals surface area contributed by atoms with E-state index in [4.69, 9.17) is 11.6 Å². The highest BCUT2D eigenvalue weighted by molar-refractivity contribution is 6.30. The van der Waals surface area contributed by atoms with Crippen LogP contribution in [0.3, 0.4) is 0 Å². The molecule has 0 radical (unpaired) electrons. The van der Waals surface area contributed by atoms with Gasteiger partial charge < -0.3 is 10.2 Å². The monoisotopic (exact) mass is 302 g/mol. The maximum Gasteiger partial charge on any atom is 0.251 e. The third-order valence-corrected chi connectivity index (χ3v) is 3.40. The van der Waals surface area contributed by atoms with Gasteiger partial charge in [0, 0.05) is 30.2 Å². The predicted octanol–water partition coefficient (Wildman–Crippen LogP) is 3.20. The Morgan fingerprint density at radius 3 is 2.62 bits per heavy atom. The van der Waals surface area contributed by atoms with Gasteiger partial charge in [-0.1, -0.05) is 48.0 Å². The molecule has 0 spiro atoms. The molecule has 0 aliphatic rings. The Balaban J connectivity index is 1.75. The second kappa shape index (κ2) is 7.81. The second-order valence-corrected chi connectivity index (χ2v) is 5.43. The van der Waals surface area contributed by atoms with Gasteiger partial charge in [0.25, 0.3) is 5.91 Å². The molecule has 0 aromatic heterocycles. The summed E-state index contributed by atoms with van der Waals surface area (Å²) in [6.45, 7) is 2.27. The number of hydrogen-bond donors (Lipinski definition) is 1. The van der Waals surface area contributed by atoms with Crippen molar-refractivity contribution in [3.05, 3.63) is 70.7 Å². The zero-order valence-electron chi connectivity index (χ0n) is 12.1. The van der Waals surface area contributed by atoms with Gasteiger partial charge in [-0.25, -0.2) is 0 Å². The Kier molecular flexibility index (Phi) is 5.78. The summed E-state index contributed by atoms with van der Waals surface area (Å²) in [6, 6.07) is 17.2. The Morgan fingerprint density at radius 2 is 1.90 bits per heavy atom. The van der Waals surface area contributed by atoms with Crippen LogP contribution in [-0.2, 0) is 6.54 Å². The van der Waals surface area contributed by atoms with Crippen LogP contribution in [0.25, 0.3) is 0 Å². The predicted molar refractivity (Wildman–Crippen MR) is 86.6 cm³/mol. The quantitative estimate of drug-likeness (QED) is 0.889. The maximum absolute atomic E-state index is 11.9. The highest BCUT2D eigenvalue weighted by Gasteiger charge is 2.06. The summed E-state index contributed by atoms with van der Waals surface area (Å²) in [5.41, 5.74) is 1.86. The number of nitrogens with one attached hydrogen (secondary N) is 1. The van der Waals surface area contributed by atoms with Crippen molar-refractivity contribution in [2.75, 3.05) is 20.1 Å². The first kappa shape index (κ1) is 15.5. The van der Waals surface area contributed by atoms with E-state index in [1.165, 1.54) is 5.56 Å². The summed E-state index contributed by atoms with van der Waals surface area (Å²) in [4.78, 5) is 14.1. The second-order valence-electron chi connectivity index (χ2n) is 4.99. The van der Waals surface area contributed by atoms with E-state index in [0.29, 0.717) is 17.1 Å². The minimum absolute atomic E-state index is 0.0920. The van der Waals surface area contributed by atoms with Crippen molar-refractivity contribution in [2.45, 2.75) is 6.54 Å². The molecule has 2 aromatic rings. The third-order valence-electron chi connectivity index (χ3n) is 3.16. The molecule has 0 heterocycles. The molecule has 21 heavy (non-hydrogen) atoms. The first-order valence-corrected chi connectivity index (χ1v) is 7.29. The van der Waals surface area contributed by atoms with Crippen LogP contribution in [0.1, 0.15) is 15.9 Å². The van der Waals surface area contributed by atoms with E-state index >= 15 is 0 Å². The molecule has 0 saturated heterocycles. The fraction of sp³-hybridized carbons (Fsp3) is 0.235. The number of carbonyl (C=O) groups is 1. The first-order valence-electron chi connectivity index (χ1n) is 6.91. The van der Waals surface area contributed by atoms with Gasteiger partial charge >= 0.3 is 0 Å². The van der Waals surface area contributed by atoms with E-state index < -0.39 is 0 Å². The Hall–Kier alpha value is -1.84. The molecular formula is C17H19ClN2O. The van der Waals surface area contributed by atoms with Crippen LogP contribution < -0.4 is 5.32 Å². The van der Waals surface area contributed by atoms with Crippen molar-refractivity contribution in [2.24, 2.45) is 0 Å². The molecule has 0 atom stereocenters. The lowest BCUT2D eigenvalue weighted by Gasteiger charge is -2.17. The van der Waals surface area contributed by atoms with Crippen LogP contribution in [0.15, 0.2) is 54.6 Å². The van der Waals surface area contributed by atoms with E-state index in [-0.39, 0.29) is 5.91 Å². The summed E-state index contributed by atoms with van der Waals surface area (Å²) in [7, 11) is 2.04. The zero-order chi connectivity index (χ0) is 15.1. The number of halogens is 1. The molecule has 0 aliphatic heterocycles. The van der Waals surface area contributed by atoms with E-state index in [1.54, 1.807) is 24.3 Å². The van der Waals surface area contributed by atoms with Crippen molar-refractivity contribution in [3.8, 4) is 0 Å². The van der Waals surface area contributed by atoms with Crippen LogP contribution in [0.5, 0.6) is 0 Å². The summed E-state index contributed by atoms with van der Waals surface area (Å²) in [6.07, 6.45) is 0. The van der Waals surface area contributed by atoms with Crippen LogP contribution >= 0.6 is 11.6 Å². The molecule has 110 valence electrons. The highest BCUT2D eigenvalue weighted by Crippen LogP contribution is 2.10. The Bertz CT molecular complexity index is 586. The molecule has 0 unspecified atom stereocenters. The van der Waals surface area contributed by atoms with Crippen molar-refractivity contribution in [1.82, 2.24) is 10.2 Å². The average molecular weight is 303 g/mol. The van der Waals surface area contributed by atoms with Crippen molar-refractivity contribution >= 4 is 17.5 Å². The molecule has 3 nitrogen and oxygen atoms in total. The summed E-state index contributed by atoms with van der Waals surface area (Å²) in [5.74, 6) is -0.0920. The number of hydrogen-bond acceptors (Lipinski definition) is 2. The van der Waals surface area contributed by atoms with Gasteiger partial charge in [-0.3, -0.25) is 4.79 Å². The summed E-state index contributed by atoms with van der Waals surface area (Å²) in [5, 5.41) is 3.48. The number of carbonyl (C=O) groups excluding carboxylic acids is 1. The topological polar surface area (TPSA) is 32.3 Å². The molecule has 1 N–H and O–H groups in total. The highest BCUT2D eigenvalue weighted by atomic mass is 35.5. The lowest BCUT2D eigenvalue weighted by atomic mass is 10.2. The standard InChI is InChI=1S/C17H19ClN2O/c1-20(13-14-6-3-2-4-7-14)11-10-19-17(21)15-8-5-9-16(18)12-15/h2-9,12H,10-11,13H2,1H3,(H,19,21). The van der Waals surface area contributed by atoms with Crippen molar-refractivity contribution < 1.29 is 4.79 Å². The number of likely N-dealkylation sites (N-methyl/N-ethyl adjacent to an activating group) is 1. The molecule has 2 aromatic carbocycles. The molecule has 0 saturated carbocycles. The number of rotatable bonds is 6. The van der Waals surface area contributed by atoms with Crippen molar-refractivity contribution in [3.63, 3.8) is 0 Å². The van der Waals surface area contributed by atoms with Crippen molar-refractivity contribution in [1.29, 1.82) is 0 Å². The fourth-order valence-corrected chi connectivity index (χ4v) is 2.26. The lowest BCUT2D eigenvalue weighted by Crippen LogP contribution is -2.32. The number of nitrogens with zero attached hydrogens (tertiary/aromatic N) is 1. The molecule has 0 aliphatic carbocycles. The fourth-order valence-electron chi connectivity index (χ4n) is 2.07. The Labute approximate surface area is 130 Å². The molecule has 0 bridgehead atoms. The Morgan fingerprint density at radius 1 is 1.14 bits per heavy atom. The van der Waals surface area contributed by atoms with Crippen LogP contribution in [0.4, 0.5) is 0 Å². The van der Waals surface area contributed by atoms with E-state index in [9.17, 15) is 4.79 Å². The summed E-state index contributed by atoms with van der Waals surface area (Å²) < 4.78 is 0. The SMILES string of the molecule is CN(CCNC(=O)c1cccc(Cl)c1)Cc1ccccc1. The van der Waals surface area contributed by atoms with E-state index in [0.717, 1.165) is 13.1 Å². The molecule has 4 heteroatoms. The number of amides is 1. The average Bonchev–Trinajstić information content (AvgIpc) is 2.48. The van der Waals surface area contributed by atoms with Gasteiger partial charge in [0.15, 0.2) is 0 Å². The smallest absolute Gasteiger partial charge is 0.251 e. The summed E-state index contributed by atoms with van der Waals surface area (Å²) >= 11 is 5.88. The van der Waals surface area contributed by atoms with E-state index in [1.807, 2.05) is 25.2 Å². The van der Waals surface area contributed by atoms with Gasteiger partial charge in [-0.2, -0.15) is 0 Å². The van der Waals surface area contributed by atoms with Gasteiger partial charge in [0.05, 0.1) is 0 Å². The first-order chi connectivity index (χ1) is 10.1. The minimum Gasteiger partial charge on any atom is -0.351 e. The van der Waals surface area contributed by atoms with Gasteiger partial charge in [0.1, 0.15) is 0 Å². The zero-order valence-corrected chi connectivity index (χ0v) is 12.8. The number of benzene rings is 2. The van der Waals surface area contributed by atoms with Gasteiger partial charge in [-0.15, -0.1) is 0 Å². The minimum atomic E-state index is -0.0920. The third kappa shape index (κ3) is 5.21. The van der Waals surface area contributed by atoms with Crippen LogP contribution in [0.2, 0.25) is 5.02 Å². The van der Waals surface area contributed by atoms with Crippen LogP contribution in [-0.4, -0.2) is 30.9 Å². The molecule has 2 rings (SSSR count). The largest absolute Gasteiger partial charge is 0.351 e. The van der Waals surface area contributed by atoms with Gasteiger partial charge in [0.2, 0.25) is 0 Å². The molecule has 1 amide bonds. The van der Waals surface area contributed by atoms with Crippen LogP contribution in [0, 0.1) is 0 Å².